The van der Waals surface area contributed by atoms with Crippen molar-refractivity contribution in [3.63, 3.8) is 0 Å². The Morgan fingerprint density at radius 1 is 1.27 bits per heavy atom. The minimum atomic E-state index is -0.116. The maximum atomic E-state index is 12.2. The van der Waals surface area contributed by atoms with Crippen LogP contribution < -0.4 is 16.2 Å². The molecule has 0 aromatic carbocycles. The molecule has 0 fully saturated rings. The van der Waals surface area contributed by atoms with Gasteiger partial charge in [0.25, 0.3) is 5.91 Å². The molecule has 0 radical (unpaired) electrons. The fourth-order valence-electron chi connectivity index (χ4n) is 2.39. The van der Waals surface area contributed by atoms with E-state index in [4.69, 9.17) is 12.2 Å². The fourth-order valence-corrected chi connectivity index (χ4v) is 3.69. The van der Waals surface area contributed by atoms with Crippen LogP contribution in [-0.2, 0) is 12.8 Å². The second kappa shape index (κ2) is 8.45. The molecule has 5 nitrogen and oxygen atoms in total. The first-order valence-corrected chi connectivity index (χ1v) is 8.89. The van der Waals surface area contributed by atoms with Crippen LogP contribution in [0.3, 0.4) is 0 Å². The first-order chi connectivity index (χ1) is 10.6. The number of fused-ring (bicyclic) bond motifs is 1. The van der Waals surface area contributed by atoms with Crippen molar-refractivity contribution in [2.75, 3.05) is 27.2 Å². The number of carbonyl (C=O) groups excluding carboxylic acids is 1. The quantitative estimate of drug-likeness (QED) is 0.442. The van der Waals surface area contributed by atoms with Crippen LogP contribution in [0.4, 0.5) is 0 Å². The number of nitrogens with one attached hydrogen (secondary N) is 3. The number of hydrogen-bond donors (Lipinski definition) is 3. The second-order valence-electron chi connectivity index (χ2n) is 5.76. The summed E-state index contributed by atoms with van der Waals surface area (Å²) in [7, 11) is 4.00. The van der Waals surface area contributed by atoms with Gasteiger partial charge >= 0.3 is 0 Å². The molecule has 122 valence electrons. The first-order valence-electron chi connectivity index (χ1n) is 7.67. The minimum absolute atomic E-state index is 0.116. The zero-order chi connectivity index (χ0) is 15.9. The summed E-state index contributed by atoms with van der Waals surface area (Å²) in [6, 6.07) is 2.03. The number of carbonyl (C=O) groups is 1. The van der Waals surface area contributed by atoms with Crippen LogP contribution in [0, 0.1) is 0 Å². The maximum Gasteiger partial charge on any atom is 0.279 e. The van der Waals surface area contributed by atoms with Crippen molar-refractivity contribution in [2.24, 2.45) is 0 Å². The van der Waals surface area contributed by atoms with Gasteiger partial charge in [-0.2, -0.15) is 0 Å². The summed E-state index contributed by atoms with van der Waals surface area (Å²) < 4.78 is 0. The molecule has 1 aromatic heterocycles. The minimum Gasteiger partial charge on any atom is -0.360 e. The highest BCUT2D eigenvalue weighted by Gasteiger charge is 2.16. The second-order valence-corrected chi connectivity index (χ2v) is 7.30. The van der Waals surface area contributed by atoms with Crippen LogP contribution in [-0.4, -0.2) is 43.1 Å². The van der Waals surface area contributed by atoms with Gasteiger partial charge < -0.3 is 10.2 Å². The van der Waals surface area contributed by atoms with Gasteiger partial charge in [0.2, 0.25) is 0 Å². The third-order valence-electron chi connectivity index (χ3n) is 3.60. The van der Waals surface area contributed by atoms with E-state index in [0.717, 1.165) is 30.8 Å². The lowest BCUT2D eigenvalue weighted by Crippen LogP contribution is -2.47. The van der Waals surface area contributed by atoms with Gasteiger partial charge in [-0.3, -0.25) is 15.6 Å². The lowest BCUT2D eigenvalue weighted by Gasteiger charge is -2.13. The van der Waals surface area contributed by atoms with Crippen LogP contribution in [0.1, 0.15) is 39.4 Å². The van der Waals surface area contributed by atoms with Crippen LogP contribution >= 0.6 is 23.6 Å². The Morgan fingerprint density at radius 2 is 2.05 bits per heavy atom. The molecule has 0 saturated carbocycles. The lowest BCUT2D eigenvalue weighted by molar-refractivity contribution is 0.0947. The molecular weight excluding hydrogens is 316 g/mol. The number of aryl methyl sites for hydroxylation is 2. The highest BCUT2D eigenvalue weighted by molar-refractivity contribution is 7.80. The molecule has 1 aliphatic rings. The molecule has 0 spiro atoms. The van der Waals surface area contributed by atoms with E-state index < -0.39 is 0 Å². The van der Waals surface area contributed by atoms with Gasteiger partial charge in [-0.15, -0.1) is 11.3 Å². The van der Waals surface area contributed by atoms with E-state index in [1.165, 1.54) is 29.7 Å². The van der Waals surface area contributed by atoms with Crippen molar-refractivity contribution in [2.45, 2.75) is 32.1 Å². The Bertz CT molecular complexity index is 504. The Labute approximate surface area is 141 Å². The Morgan fingerprint density at radius 3 is 2.82 bits per heavy atom. The van der Waals surface area contributed by atoms with E-state index in [1.807, 2.05) is 20.2 Å². The van der Waals surface area contributed by atoms with Crippen LogP contribution in [0.15, 0.2) is 6.07 Å². The van der Waals surface area contributed by atoms with Crippen molar-refractivity contribution in [3.8, 4) is 0 Å². The zero-order valence-electron chi connectivity index (χ0n) is 13.2. The maximum absolute atomic E-state index is 12.2. The van der Waals surface area contributed by atoms with Crippen LogP contribution in [0.5, 0.6) is 0 Å². The van der Waals surface area contributed by atoms with Crippen molar-refractivity contribution in [1.82, 2.24) is 21.1 Å². The number of thiocarbonyl (C=S) groups is 1. The summed E-state index contributed by atoms with van der Waals surface area (Å²) in [6.45, 7) is 1.62. The molecule has 1 heterocycles. The average molecular weight is 341 g/mol. The predicted molar refractivity (Wildman–Crippen MR) is 95.3 cm³/mol. The van der Waals surface area contributed by atoms with E-state index in [-0.39, 0.29) is 5.91 Å². The summed E-state index contributed by atoms with van der Waals surface area (Å²) in [5.74, 6) is -0.116. The molecular formula is C15H24N4OS2. The van der Waals surface area contributed by atoms with Crippen LogP contribution in [0.25, 0.3) is 0 Å². The molecule has 1 aromatic rings. The van der Waals surface area contributed by atoms with E-state index in [2.05, 4.69) is 21.1 Å². The molecule has 22 heavy (non-hydrogen) atoms. The molecule has 1 amide bonds. The SMILES string of the molecule is CN(C)CCNC(=S)NNC(=O)c1cc2c(s1)CCCCC2. The van der Waals surface area contributed by atoms with Gasteiger partial charge in [-0.05, 0) is 63.6 Å². The predicted octanol–water partition coefficient (Wildman–Crippen LogP) is 1.69. The summed E-state index contributed by atoms with van der Waals surface area (Å²) in [4.78, 5) is 16.4. The smallest absolute Gasteiger partial charge is 0.279 e. The standard InChI is InChI=1S/C15H24N4OS2/c1-19(2)9-8-16-15(21)18-17-14(20)13-10-11-6-4-3-5-7-12(11)22-13/h10H,3-9H2,1-2H3,(H,17,20)(H2,16,18,21). The van der Waals surface area contributed by atoms with Crippen molar-refractivity contribution in [3.05, 3.63) is 21.4 Å². The highest BCUT2D eigenvalue weighted by atomic mass is 32.1. The lowest BCUT2D eigenvalue weighted by atomic mass is 10.1. The van der Waals surface area contributed by atoms with Gasteiger partial charge in [0, 0.05) is 18.0 Å². The molecule has 3 N–H and O–H groups in total. The molecule has 2 rings (SSSR count). The molecule has 1 aliphatic carbocycles. The van der Waals surface area contributed by atoms with Gasteiger partial charge in [-0.25, -0.2) is 0 Å². The van der Waals surface area contributed by atoms with Gasteiger partial charge in [-0.1, -0.05) is 6.42 Å². The number of hydrogen-bond acceptors (Lipinski definition) is 4. The largest absolute Gasteiger partial charge is 0.360 e. The Balaban J connectivity index is 1.79. The van der Waals surface area contributed by atoms with Crippen molar-refractivity contribution in [1.29, 1.82) is 0 Å². The molecule has 0 aliphatic heterocycles. The van der Waals surface area contributed by atoms with E-state index in [0.29, 0.717) is 5.11 Å². The number of thiophene rings is 1. The number of nitrogens with zero attached hydrogens (tertiary/aromatic N) is 1. The van der Waals surface area contributed by atoms with Crippen LogP contribution in [0.2, 0.25) is 0 Å². The average Bonchev–Trinajstić information content (AvgIpc) is 2.75. The van der Waals surface area contributed by atoms with E-state index >= 15 is 0 Å². The zero-order valence-corrected chi connectivity index (χ0v) is 14.8. The van der Waals surface area contributed by atoms with Gasteiger partial charge in [0.05, 0.1) is 4.88 Å². The number of rotatable bonds is 4. The molecule has 0 bridgehead atoms. The normalized spacial score (nSPS) is 14.1. The van der Waals surface area contributed by atoms with E-state index in [1.54, 1.807) is 11.3 Å². The van der Waals surface area contributed by atoms with Crippen molar-refractivity contribution >= 4 is 34.6 Å². The first kappa shape index (κ1) is 17.2. The van der Waals surface area contributed by atoms with Crippen molar-refractivity contribution < 1.29 is 4.79 Å². The summed E-state index contributed by atoms with van der Waals surface area (Å²) in [6.07, 6.45) is 5.94. The molecule has 0 atom stereocenters. The number of likely N-dealkylation sites (N-methyl/N-ethyl adjacent to an activating group) is 1. The Kier molecular flexibility index (Phi) is 6.60. The highest BCUT2D eigenvalue weighted by Crippen LogP contribution is 2.28. The summed E-state index contributed by atoms with van der Waals surface area (Å²) in [5.41, 5.74) is 6.77. The molecule has 0 saturated heterocycles. The fraction of sp³-hybridized carbons (Fsp3) is 0.600. The van der Waals surface area contributed by atoms with Gasteiger partial charge in [0.1, 0.15) is 0 Å². The molecule has 7 heteroatoms. The van der Waals surface area contributed by atoms with E-state index in [9.17, 15) is 4.79 Å². The third-order valence-corrected chi connectivity index (χ3v) is 5.09. The monoisotopic (exact) mass is 340 g/mol. The summed E-state index contributed by atoms with van der Waals surface area (Å²) in [5, 5.41) is 3.48. The topological polar surface area (TPSA) is 56.4 Å². The Hall–Kier alpha value is -1.18. The third kappa shape index (κ3) is 5.23. The summed E-state index contributed by atoms with van der Waals surface area (Å²) >= 11 is 6.73. The number of hydrazine groups is 1. The van der Waals surface area contributed by atoms with Gasteiger partial charge in [0.15, 0.2) is 5.11 Å². The number of amides is 1. The molecule has 0 unspecified atom stereocenters.